The van der Waals surface area contributed by atoms with Gasteiger partial charge in [-0.2, -0.15) is 0 Å². The summed E-state index contributed by atoms with van der Waals surface area (Å²) < 4.78 is 6.92. The summed E-state index contributed by atoms with van der Waals surface area (Å²) in [5, 5.41) is 11.3. The molecule has 0 aliphatic rings. The van der Waals surface area contributed by atoms with E-state index in [4.69, 9.17) is 16.3 Å². The number of benzene rings is 1. The van der Waals surface area contributed by atoms with Crippen LogP contribution in [0.3, 0.4) is 0 Å². The number of methoxy groups -OCH3 is 1. The van der Waals surface area contributed by atoms with Crippen LogP contribution in [0.4, 0.5) is 0 Å². The van der Waals surface area contributed by atoms with Crippen LogP contribution in [0, 0.1) is 0 Å². The molecule has 1 aromatic carbocycles. The van der Waals surface area contributed by atoms with Gasteiger partial charge in [0.25, 0.3) is 0 Å². The Balaban J connectivity index is 2.04. The van der Waals surface area contributed by atoms with E-state index in [0.29, 0.717) is 12.4 Å². The van der Waals surface area contributed by atoms with Crippen molar-refractivity contribution in [2.45, 2.75) is 25.3 Å². The average Bonchev–Trinajstić information content (AvgIpc) is 2.85. The van der Waals surface area contributed by atoms with Crippen LogP contribution in [0.15, 0.2) is 24.3 Å². The largest absolute Gasteiger partial charge is 0.497 e. The molecule has 18 heavy (non-hydrogen) atoms. The normalized spacial score (nSPS) is 12.4. The molecular formula is C12H15ClN4O. The number of hydrogen-bond donors (Lipinski definition) is 0. The second kappa shape index (κ2) is 5.82. The van der Waals surface area contributed by atoms with Crippen molar-refractivity contribution in [2.24, 2.45) is 0 Å². The van der Waals surface area contributed by atoms with Crippen LogP contribution < -0.4 is 4.74 Å². The highest BCUT2D eigenvalue weighted by Gasteiger charge is 2.11. The molecule has 0 aliphatic heterocycles. The highest BCUT2D eigenvalue weighted by Crippen LogP contribution is 2.17. The maximum Gasteiger partial charge on any atom is 0.168 e. The minimum absolute atomic E-state index is 0.190. The van der Waals surface area contributed by atoms with Gasteiger partial charge in [0.1, 0.15) is 5.75 Å². The number of ether oxygens (including phenoxy) is 1. The molecule has 2 rings (SSSR count). The molecule has 5 nitrogen and oxygen atoms in total. The zero-order valence-corrected chi connectivity index (χ0v) is 11.1. The number of aryl methyl sites for hydroxylation is 2. The second-order valence-electron chi connectivity index (χ2n) is 3.98. The van der Waals surface area contributed by atoms with Crippen LogP contribution in [0.2, 0.25) is 0 Å². The molecule has 0 spiro atoms. The second-order valence-corrected chi connectivity index (χ2v) is 4.63. The average molecular weight is 267 g/mol. The van der Waals surface area contributed by atoms with Gasteiger partial charge in [0, 0.05) is 6.54 Å². The smallest absolute Gasteiger partial charge is 0.168 e. The van der Waals surface area contributed by atoms with E-state index in [-0.39, 0.29) is 5.38 Å². The summed E-state index contributed by atoms with van der Waals surface area (Å²) in [4.78, 5) is 0. The fraction of sp³-hybridized carbons (Fsp3) is 0.417. The molecule has 0 aliphatic carbocycles. The Morgan fingerprint density at radius 1 is 1.44 bits per heavy atom. The Morgan fingerprint density at radius 2 is 2.28 bits per heavy atom. The first-order valence-electron chi connectivity index (χ1n) is 5.73. The van der Waals surface area contributed by atoms with Gasteiger partial charge in [-0.15, -0.1) is 16.7 Å². The third-order valence-electron chi connectivity index (χ3n) is 2.66. The third-order valence-corrected chi connectivity index (χ3v) is 2.86. The summed E-state index contributed by atoms with van der Waals surface area (Å²) in [6, 6.07) is 7.95. The predicted molar refractivity (Wildman–Crippen MR) is 68.8 cm³/mol. The van der Waals surface area contributed by atoms with Crippen LogP contribution in [-0.2, 0) is 13.0 Å². The van der Waals surface area contributed by atoms with E-state index in [2.05, 4.69) is 21.6 Å². The molecule has 0 radical (unpaired) electrons. The molecule has 1 atom stereocenters. The van der Waals surface area contributed by atoms with Crippen molar-refractivity contribution >= 4 is 11.6 Å². The minimum Gasteiger partial charge on any atom is -0.497 e. The maximum atomic E-state index is 6.00. The summed E-state index contributed by atoms with van der Waals surface area (Å²) in [6.45, 7) is 2.56. The molecule has 1 unspecified atom stereocenters. The number of rotatable bonds is 5. The van der Waals surface area contributed by atoms with Crippen LogP contribution >= 0.6 is 11.6 Å². The molecule has 0 saturated heterocycles. The minimum atomic E-state index is -0.190. The number of tetrazole rings is 1. The summed E-state index contributed by atoms with van der Waals surface area (Å²) >= 11 is 6.00. The van der Waals surface area contributed by atoms with Crippen molar-refractivity contribution in [1.82, 2.24) is 20.2 Å². The molecule has 2 aromatic rings. The van der Waals surface area contributed by atoms with Gasteiger partial charge in [0.15, 0.2) is 5.82 Å². The summed E-state index contributed by atoms with van der Waals surface area (Å²) in [7, 11) is 1.66. The lowest BCUT2D eigenvalue weighted by Crippen LogP contribution is -2.08. The Morgan fingerprint density at radius 3 is 3.00 bits per heavy atom. The van der Waals surface area contributed by atoms with E-state index in [1.807, 2.05) is 25.1 Å². The van der Waals surface area contributed by atoms with E-state index in [9.17, 15) is 0 Å². The molecule has 1 heterocycles. The van der Waals surface area contributed by atoms with Gasteiger partial charge in [-0.1, -0.05) is 12.1 Å². The standard InChI is InChI=1S/C12H15ClN4O/c1-9(13)12-14-15-16-17(12)7-6-10-4-3-5-11(8-10)18-2/h3-5,8-9H,6-7H2,1-2H3. The molecule has 96 valence electrons. The van der Waals surface area contributed by atoms with Gasteiger partial charge in [0.05, 0.1) is 12.5 Å². The van der Waals surface area contributed by atoms with Gasteiger partial charge in [-0.25, -0.2) is 4.68 Å². The number of nitrogens with zero attached hydrogens (tertiary/aromatic N) is 4. The highest BCUT2D eigenvalue weighted by molar-refractivity contribution is 6.20. The first-order chi connectivity index (χ1) is 8.70. The summed E-state index contributed by atoms with van der Waals surface area (Å²) in [5.74, 6) is 1.55. The maximum absolute atomic E-state index is 6.00. The number of hydrogen-bond acceptors (Lipinski definition) is 4. The van der Waals surface area contributed by atoms with Crippen LogP contribution in [0.25, 0.3) is 0 Å². The molecule has 0 N–H and O–H groups in total. The van der Waals surface area contributed by atoms with Crippen molar-refractivity contribution in [3.8, 4) is 5.75 Å². The van der Waals surface area contributed by atoms with E-state index in [1.54, 1.807) is 11.8 Å². The lowest BCUT2D eigenvalue weighted by molar-refractivity contribution is 0.414. The predicted octanol–water partition coefficient (Wildman–Crippen LogP) is 2.22. The fourth-order valence-electron chi connectivity index (χ4n) is 1.72. The quantitative estimate of drug-likeness (QED) is 0.779. The number of halogens is 1. The lowest BCUT2D eigenvalue weighted by Gasteiger charge is -2.07. The van der Waals surface area contributed by atoms with Crippen LogP contribution in [-0.4, -0.2) is 27.3 Å². The third kappa shape index (κ3) is 2.98. The molecule has 0 amide bonds. The summed E-state index contributed by atoms with van der Waals surface area (Å²) in [5.41, 5.74) is 1.18. The van der Waals surface area contributed by atoms with Crippen molar-refractivity contribution in [3.63, 3.8) is 0 Å². The number of alkyl halides is 1. The number of aromatic nitrogens is 4. The van der Waals surface area contributed by atoms with Crippen molar-refractivity contribution in [2.75, 3.05) is 7.11 Å². The van der Waals surface area contributed by atoms with E-state index < -0.39 is 0 Å². The summed E-state index contributed by atoms with van der Waals surface area (Å²) in [6.07, 6.45) is 0.832. The van der Waals surface area contributed by atoms with Gasteiger partial charge in [0.2, 0.25) is 0 Å². The zero-order valence-electron chi connectivity index (χ0n) is 10.4. The topological polar surface area (TPSA) is 52.8 Å². The molecular weight excluding hydrogens is 252 g/mol. The molecule has 0 bridgehead atoms. The van der Waals surface area contributed by atoms with E-state index >= 15 is 0 Å². The first kappa shape index (κ1) is 12.8. The first-order valence-corrected chi connectivity index (χ1v) is 6.17. The zero-order chi connectivity index (χ0) is 13.0. The van der Waals surface area contributed by atoms with Crippen molar-refractivity contribution < 1.29 is 4.74 Å². The Hall–Kier alpha value is -1.62. The van der Waals surface area contributed by atoms with Crippen LogP contribution in [0.1, 0.15) is 23.7 Å². The lowest BCUT2D eigenvalue weighted by atomic mass is 10.1. The van der Waals surface area contributed by atoms with E-state index in [0.717, 1.165) is 12.2 Å². The van der Waals surface area contributed by atoms with Crippen molar-refractivity contribution in [3.05, 3.63) is 35.7 Å². The van der Waals surface area contributed by atoms with Crippen molar-refractivity contribution in [1.29, 1.82) is 0 Å². The van der Waals surface area contributed by atoms with Gasteiger partial charge < -0.3 is 4.74 Å². The fourth-order valence-corrected chi connectivity index (χ4v) is 1.87. The van der Waals surface area contributed by atoms with E-state index in [1.165, 1.54) is 5.56 Å². The highest BCUT2D eigenvalue weighted by atomic mass is 35.5. The Kier molecular flexibility index (Phi) is 4.15. The van der Waals surface area contributed by atoms with Gasteiger partial charge >= 0.3 is 0 Å². The van der Waals surface area contributed by atoms with Gasteiger partial charge in [-0.05, 0) is 41.5 Å². The molecule has 0 saturated carbocycles. The Bertz CT molecular complexity index is 512. The SMILES string of the molecule is COc1cccc(CCn2nnnc2C(C)Cl)c1. The molecule has 1 aromatic heterocycles. The molecule has 0 fully saturated rings. The monoisotopic (exact) mass is 266 g/mol. The van der Waals surface area contributed by atoms with Crippen LogP contribution in [0.5, 0.6) is 5.75 Å². The van der Waals surface area contributed by atoms with Gasteiger partial charge in [-0.3, -0.25) is 0 Å². The Labute approximate surface area is 111 Å². The molecule has 6 heteroatoms.